The molecule has 6 nitrogen and oxygen atoms in total. The Kier molecular flexibility index (Phi) is 6.64. The molecule has 0 bridgehead atoms. The standard InChI is InChI=1S/C27H24N2O4/c1-18-6-8-19(9-7-18)14-15-28-26(32)20-10-12-22(13-11-20)33-27-24-5-3-2-4-23(24)21(17-29-27)16-25(30)31/h2-13,17H,14-16H2,1H3,(H,28,32)(H,30,31). The highest BCUT2D eigenvalue weighted by molar-refractivity contribution is 5.94. The summed E-state index contributed by atoms with van der Waals surface area (Å²) in [6, 6.07) is 22.5. The van der Waals surface area contributed by atoms with Gasteiger partial charge in [0, 0.05) is 23.7 Å². The highest BCUT2D eigenvalue weighted by Gasteiger charge is 2.12. The lowest BCUT2D eigenvalue weighted by atomic mass is 10.1. The number of rotatable bonds is 8. The first-order valence-corrected chi connectivity index (χ1v) is 10.7. The molecule has 0 radical (unpaired) electrons. The minimum atomic E-state index is -0.914. The zero-order chi connectivity index (χ0) is 23.2. The molecular weight excluding hydrogens is 416 g/mol. The van der Waals surface area contributed by atoms with E-state index in [9.17, 15) is 9.59 Å². The Morgan fingerprint density at radius 2 is 1.64 bits per heavy atom. The van der Waals surface area contributed by atoms with E-state index in [0.29, 0.717) is 29.3 Å². The van der Waals surface area contributed by atoms with Gasteiger partial charge in [0.25, 0.3) is 5.91 Å². The largest absolute Gasteiger partial charge is 0.481 e. The van der Waals surface area contributed by atoms with Gasteiger partial charge in [0.05, 0.1) is 6.42 Å². The summed E-state index contributed by atoms with van der Waals surface area (Å²) in [5.41, 5.74) is 3.56. The van der Waals surface area contributed by atoms with Crippen LogP contribution in [-0.4, -0.2) is 28.5 Å². The SMILES string of the molecule is Cc1ccc(CCNC(=O)c2ccc(Oc3ncc(CC(=O)O)c4ccccc34)cc2)cc1. The third kappa shape index (κ3) is 5.54. The third-order valence-electron chi connectivity index (χ3n) is 5.33. The van der Waals surface area contributed by atoms with Crippen molar-refractivity contribution in [3.63, 3.8) is 0 Å². The van der Waals surface area contributed by atoms with Crippen LogP contribution in [0.3, 0.4) is 0 Å². The van der Waals surface area contributed by atoms with E-state index >= 15 is 0 Å². The summed E-state index contributed by atoms with van der Waals surface area (Å²) in [6.45, 7) is 2.60. The molecule has 1 heterocycles. The van der Waals surface area contributed by atoms with Crippen LogP contribution in [0.1, 0.15) is 27.0 Å². The molecule has 0 aliphatic rings. The molecule has 0 fully saturated rings. The number of pyridine rings is 1. The van der Waals surface area contributed by atoms with Crippen molar-refractivity contribution in [2.75, 3.05) is 6.54 Å². The molecule has 2 N–H and O–H groups in total. The van der Waals surface area contributed by atoms with E-state index in [1.807, 2.05) is 31.2 Å². The number of nitrogens with one attached hydrogen (secondary N) is 1. The fourth-order valence-electron chi connectivity index (χ4n) is 3.57. The van der Waals surface area contributed by atoms with Crippen LogP contribution >= 0.6 is 0 Å². The van der Waals surface area contributed by atoms with Crippen LogP contribution in [0.5, 0.6) is 11.6 Å². The number of aryl methyl sites for hydroxylation is 1. The van der Waals surface area contributed by atoms with Gasteiger partial charge in [-0.2, -0.15) is 0 Å². The van der Waals surface area contributed by atoms with Crippen molar-refractivity contribution in [2.24, 2.45) is 0 Å². The molecule has 0 atom stereocenters. The Bertz CT molecular complexity index is 1280. The van der Waals surface area contributed by atoms with E-state index in [4.69, 9.17) is 9.84 Å². The molecule has 4 rings (SSSR count). The lowest BCUT2D eigenvalue weighted by Crippen LogP contribution is -2.25. The molecule has 0 saturated carbocycles. The lowest BCUT2D eigenvalue weighted by Gasteiger charge is -2.11. The van der Waals surface area contributed by atoms with Crippen LogP contribution in [0, 0.1) is 6.92 Å². The number of amides is 1. The topological polar surface area (TPSA) is 88.5 Å². The number of carbonyl (C=O) groups excluding carboxylic acids is 1. The van der Waals surface area contributed by atoms with Crippen LogP contribution in [0.2, 0.25) is 0 Å². The average Bonchev–Trinajstić information content (AvgIpc) is 2.82. The number of aliphatic carboxylic acids is 1. The van der Waals surface area contributed by atoms with Crippen LogP contribution in [0.15, 0.2) is 79.0 Å². The van der Waals surface area contributed by atoms with Gasteiger partial charge in [-0.25, -0.2) is 4.98 Å². The Labute approximate surface area is 191 Å². The third-order valence-corrected chi connectivity index (χ3v) is 5.33. The maximum absolute atomic E-state index is 12.4. The molecule has 1 aromatic heterocycles. The second-order valence-electron chi connectivity index (χ2n) is 7.82. The number of carboxylic acids is 1. The van der Waals surface area contributed by atoms with Gasteiger partial charge in [0.15, 0.2) is 0 Å². The van der Waals surface area contributed by atoms with Crippen molar-refractivity contribution in [1.29, 1.82) is 0 Å². The number of nitrogens with zero attached hydrogens (tertiary/aromatic N) is 1. The van der Waals surface area contributed by atoms with Gasteiger partial charge in [-0.1, -0.05) is 48.0 Å². The summed E-state index contributed by atoms with van der Waals surface area (Å²) in [5, 5.41) is 13.6. The fraction of sp³-hybridized carbons (Fsp3) is 0.148. The normalized spacial score (nSPS) is 10.7. The van der Waals surface area contributed by atoms with Gasteiger partial charge in [0.1, 0.15) is 5.75 Å². The lowest BCUT2D eigenvalue weighted by molar-refractivity contribution is -0.136. The van der Waals surface area contributed by atoms with Crippen molar-refractivity contribution in [2.45, 2.75) is 19.8 Å². The average molecular weight is 440 g/mol. The van der Waals surface area contributed by atoms with Gasteiger partial charge < -0.3 is 15.2 Å². The van der Waals surface area contributed by atoms with E-state index in [1.165, 1.54) is 17.3 Å². The number of hydrogen-bond donors (Lipinski definition) is 2. The summed E-state index contributed by atoms with van der Waals surface area (Å²) in [4.78, 5) is 27.9. The zero-order valence-electron chi connectivity index (χ0n) is 18.2. The van der Waals surface area contributed by atoms with Crippen LogP contribution < -0.4 is 10.1 Å². The minimum absolute atomic E-state index is 0.110. The van der Waals surface area contributed by atoms with Crippen molar-refractivity contribution in [3.05, 3.63) is 101 Å². The number of fused-ring (bicyclic) bond motifs is 1. The summed E-state index contributed by atoms with van der Waals surface area (Å²) >= 11 is 0. The van der Waals surface area contributed by atoms with Crippen molar-refractivity contribution >= 4 is 22.6 Å². The Hall–Kier alpha value is -4.19. The van der Waals surface area contributed by atoms with Gasteiger partial charge in [-0.05, 0) is 60.2 Å². The van der Waals surface area contributed by atoms with Crippen LogP contribution in [-0.2, 0) is 17.6 Å². The second-order valence-corrected chi connectivity index (χ2v) is 7.82. The van der Waals surface area contributed by atoms with Gasteiger partial charge in [0.2, 0.25) is 5.88 Å². The van der Waals surface area contributed by atoms with Crippen molar-refractivity contribution in [1.82, 2.24) is 10.3 Å². The second kappa shape index (κ2) is 9.96. The molecule has 0 saturated heterocycles. The van der Waals surface area contributed by atoms with Crippen LogP contribution in [0.4, 0.5) is 0 Å². The van der Waals surface area contributed by atoms with Crippen molar-refractivity contribution in [3.8, 4) is 11.6 Å². The number of ether oxygens (including phenoxy) is 1. The quantitative estimate of drug-likeness (QED) is 0.405. The molecule has 1 amide bonds. The van der Waals surface area contributed by atoms with E-state index < -0.39 is 5.97 Å². The predicted molar refractivity (Wildman–Crippen MR) is 127 cm³/mol. The van der Waals surface area contributed by atoms with Gasteiger partial charge in [-0.15, -0.1) is 0 Å². The fourth-order valence-corrected chi connectivity index (χ4v) is 3.57. The first-order valence-electron chi connectivity index (χ1n) is 10.7. The Balaban J connectivity index is 1.41. The van der Waals surface area contributed by atoms with E-state index in [1.54, 1.807) is 24.3 Å². The molecule has 0 spiro atoms. The molecule has 166 valence electrons. The molecule has 3 aromatic carbocycles. The number of carboxylic acid groups (broad SMARTS) is 1. The molecule has 0 aliphatic carbocycles. The summed E-state index contributed by atoms with van der Waals surface area (Å²) in [6.07, 6.45) is 2.19. The van der Waals surface area contributed by atoms with Crippen molar-refractivity contribution < 1.29 is 19.4 Å². The maximum atomic E-state index is 12.4. The molecule has 0 unspecified atom stereocenters. The number of hydrogen-bond acceptors (Lipinski definition) is 4. The first-order chi connectivity index (χ1) is 16.0. The van der Waals surface area contributed by atoms with E-state index in [2.05, 4.69) is 34.6 Å². The minimum Gasteiger partial charge on any atom is -0.481 e. The Morgan fingerprint density at radius 1 is 0.939 bits per heavy atom. The number of aromatic nitrogens is 1. The zero-order valence-corrected chi connectivity index (χ0v) is 18.2. The highest BCUT2D eigenvalue weighted by Crippen LogP contribution is 2.30. The molecule has 33 heavy (non-hydrogen) atoms. The monoisotopic (exact) mass is 440 g/mol. The van der Waals surface area contributed by atoms with Crippen LogP contribution in [0.25, 0.3) is 10.8 Å². The highest BCUT2D eigenvalue weighted by atomic mass is 16.5. The summed E-state index contributed by atoms with van der Waals surface area (Å²) in [5.74, 6) is -0.136. The predicted octanol–water partition coefficient (Wildman–Crippen LogP) is 4.94. The Morgan fingerprint density at radius 3 is 2.33 bits per heavy atom. The molecular formula is C27H24N2O4. The number of benzene rings is 3. The van der Waals surface area contributed by atoms with E-state index in [-0.39, 0.29) is 12.3 Å². The van der Waals surface area contributed by atoms with Gasteiger partial charge in [-0.3, -0.25) is 9.59 Å². The summed E-state index contributed by atoms with van der Waals surface area (Å²) < 4.78 is 5.94. The molecule has 0 aliphatic heterocycles. The van der Waals surface area contributed by atoms with Gasteiger partial charge >= 0.3 is 5.97 Å². The first kappa shape index (κ1) is 22.0. The molecule has 6 heteroatoms. The van der Waals surface area contributed by atoms with E-state index in [0.717, 1.165) is 17.2 Å². The molecule has 4 aromatic rings. The smallest absolute Gasteiger partial charge is 0.307 e. The maximum Gasteiger partial charge on any atom is 0.307 e. The summed E-state index contributed by atoms with van der Waals surface area (Å²) in [7, 11) is 0. The number of carbonyl (C=O) groups is 2.